The lowest BCUT2D eigenvalue weighted by Crippen LogP contribution is -2.26. The minimum Gasteiger partial charge on any atom is -0.389 e. The van der Waals surface area contributed by atoms with Gasteiger partial charge < -0.3 is 15.4 Å². The highest BCUT2D eigenvalue weighted by molar-refractivity contribution is 7.80. The fraction of sp³-hybridized carbons (Fsp3) is 0.417. The summed E-state index contributed by atoms with van der Waals surface area (Å²) in [7, 11) is 1.76. The van der Waals surface area contributed by atoms with Gasteiger partial charge in [0.25, 0.3) is 0 Å². The summed E-state index contributed by atoms with van der Waals surface area (Å²) < 4.78 is 40.2. The largest absolute Gasteiger partial charge is 0.411 e. The molecule has 2 N–H and O–H groups in total. The Kier molecular flexibility index (Phi) is 5.56. The van der Waals surface area contributed by atoms with Gasteiger partial charge in [-0.25, -0.2) is 0 Å². The van der Waals surface area contributed by atoms with E-state index in [1.165, 1.54) is 0 Å². The maximum atomic E-state index is 11.9. The van der Waals surface area contributed by atoms with E-state index >= 15 is 0 Å². The molecular weight excluding hydrogens is 277 g/mol. The predicted molar refractivity (Wildman–Crippen MR) is 72.5 cm³/mol. The molecule has 0 saturated carbocycles. The van der Waals surface area contributed by atoms with Crippen molar-refractivity contribution >= 4 is 22.9 Å². The molecule has 0 aliphatic rings. The molecule has 1 aromatic rings. The Morgan fingerprint density at radius 3 is 2.68 bits per heavy atom. The first kappa shape index (κ1) is 15.7. The highest BCUT2D eigenvalue weighted by atomic mass is 32.1. The minimum atomic E-state index is -4.29. The molecule has 106 valence electrons. The van der Waals surface area contributed by atoms with Crippen molar-refractivity contribution in [3.63, 3.8) is 0 Å². The predicted octanol–water partition coefficient (Wildman–Crippen LogP) is 2.34. The molecule has 7 heteroatoms. The van der Waals surface area contributed by atoms with Gasteiger partial charge in [-0.05, 0) is 12.1 Å². The molecule has 0 heterocycles. The number of nitrogens with zero attached hydrogens (tertiary/aromatic N) is 1. The molecule has 0 saturated heterocycles. The molecular formula is C12H15F3N2OS. The molecule has 3 nitrogen and oxygen atoms in total. The highest BCUT2D eigenvalue weighted by Gasteiger charge is 2.27. The smallest absolute Gasteiger partial charge is 0.389 e. The van der Waals surface area contributed by atoms with Crippen molar-refractivity contribution < 1.29 is 17.9 Å². The van der Waals surface area contributed by atoms with Crippen LogP contribution in [0.25, 0.3) is 0 Å². The van der Waals surface area contributed by atoms with Crippen LogP contribution < -0.4 is 10.6 Å². The topological polar surface area (TPSA) is 38.5 Å². The van der Waals surface area contributed by atoms with E-state index in [1.807, 2.05) is 6.07 Å². The average molecular weight is 292 g/mol. The fourth-order valence-electron chi connectivity index (χ4n) is 1.42. The summed E-state index contributed by atoms with van der Waals surface area (Å²) in [4.78, 5) is 2.06. The van der Waals surface area contributed by atoms with Crippen molar-refractivity contribution in [1.82, 2.24) is 0 Å². The number of rotatable bonds is 6. The summed E-state index contributed by atoms with van der Waals surface area (Å²) in [6, 6.07) is 7.17. The van der Waals surface area contributed by atoms with Gasteiger partial charge in [0.05, 0.1) is 6.61 Å². The normalized spacial score (nSPS) is 11.4. The molecule has 0 unspecified atom stereocenters. The van der Waals surface area contributed by atoms with Crippen molar-refractivity contribution in [3.05, 3.63) is 29.8 Å². The van der Waals surface area contributed by atoms with E-state index in [1.54, 1.807) is 30.1 Å². The number of halogens is 3. The van der Waals surface area contributed by atoms with Crippen LogP contribution >= 0.6 is 12.2 Å². The lowest BCUT2D eigenvalue weighted by Gasteiger charge is -2.20. The minimum absolute atomic E-state index is 0.00664. The summed E-state index contributed by atoms with van der Waals surface area (Å²) >= 11 is 4.86. The van der Waals surface area contributed by atoms with Crippen molar-refractivity contribution in [2.75, 3.05) is 31.7 Å². The van der Waals surface area contributed by atoms with Gasteiger partial charge in [-0.15, -0.1) is 0 Å². The zero-order valence-electron chi connectivity index (χ0n) is 10.4. The van der Waals surface area contributed by atoms with E-state index < -0.39 is 12.8 Å². The Morgan fingerprint density at radius 1 is 1.42 bits per heavy atom. The zero-order valence-corrected chi connectivity index (χ0v) is 11.2. The van der Waals surface area contributed by atoms with Crippen LogP contribution in [-0.4, -0.2) is 38.0 Å². The zero-order chi connectivity index (χ0) is 14.5. The monoisotopic (exact) mass is 292 g/mol. The second-order valence-corrected chi connectivity index (χ2v) is 4.44. The van der Waals surface area contributed by atoms with Crippen LogP contribution in [-0.2, 0) is 4.74 Å². The first-order valence-corrected chi connectivity index (χ1v) is 5.96. The molecule has 0 atom stereocenters. The maximum Gasteiger partial charge on any atom is 0.411 e. The summed E-state index contributed by atoms with van der Waals surface area (Å²) in [6.45, 7) is -0.891. The van der Waals surface area contributed by atoms with Crippen molar-refractivity contribution in [1.29, 1.82) is 0 Å². The van der Waals surface area contributed by atoms with Crippen LogP contribution in [0.5, 0.6) is 0 Å². The van der Waals surface area contributed by atoms with Gasteiger partial charge in [-0.1, -0.05) is 24.4 Å². The van der Waals surface area contributed by atoms with E-state index in [0.717, 1.165) is 11.3 Å². The Morgan fingerprint density at radius 2 is 2.11 bits per heavy atom. The van der Waals surface area contributed by atoms with Crippen molar-refractivity contribution in [3.8, 4) is 0 Å². The van der Waals surface area contributed by atoms with Gasteiger partial charge in [0, 0.05) is 24.8 Å². The SMILES string of the molecule is CN(CCOCC(F)(F)F)c1cccc(C(N)=S)c1. The Labute approximate surface area is 115 Å². The third-order valence-corrected chi connectivity index (χ3v) is 2.64. The van der Waals surface area contributed by atoms with Crippen LogP contribution in [0.1, 0.15) is 5.56 Å². The van der Waals surface area contributed by atoms with E-state index in [-0.39, 0.29) is 11.6 Å². The Hall–Kier alpha value is -1.34. The second kappa shape index (κ2) is 6.72. The molecule has 1 rings (SSSR count). The lowest BCUT2D eigenvalue weighted by molar-refractivity contribution is -0.173. The average Bonchev–Trinajstić information content (AvgIpc) is 2.33. The molecule has 19 heavy (non-hydrogen) atoms. The van der Waals surface area contributed by atoms with Gasteiger partial charge in [0.15, 0.2) is 0 Å². The van der Waals surface area contributed by atoms with E-state index in [2.05, 4.69) is 4.74 Å². The molecule has 0 aliphatic heterocycles. The number of thiocarbonyl (C=S) groups is 1. The number of ether oxygens (including phenoxy) is 1. The first-order valence-electron chi connectivity index (χ1n) is 5.55. The number of anilines is 1. The molecule has 1 aromatic carbocycles. The van der Waals surface area contributed by atoms with E-state index in [4.69, 9.17) is 18.0 Å². The van der Waals surface area contributed by atoms with Crippen molar-refractivity contribution in [2.45, 2.75) is 6.18 Å². The van der Waals surface area contributed by atoms with E-state index in [9.17, 15) is 13.2 Å². The van der Waals surface area contributed by atoms with Gasteiger partial charge in [-0.3, -0.25) is 0 Å². The number of hydrogen-bond donors (Lipinski definition) is 1. The first-order chi connectivity index (χ1) is 8.79. The molecule has 0 aromatic heterocycles. The summed E-state index contributed by atoms with van der Waals surface area (Å²) in [6.07, 6.45) is -4.29. The standard InChI is InChI=1S/C12H15F3N2OS/c1-17(5-6-18-8-12(13,14)15)10-4-2-3-9(7-10)11(16)19/h2-4,7H,5-6,8H2,1H3,(H2,16,19). The van der Waals surface area contributed by atoms with Crippen molar-refractivity contribution in [2.24, 2.45) is 5.73 Å². The maximum absolute atomic E-state index is 11.9. The quantitative estimate of drug-likeness (QED) is 0.645. The number of alkyl halides is 3. The molecule has 0 aliphatic carbocycles. The fourth-order valence-corrected chi connectivity index (χ4v) is 1.54. The van der Waals surface area contributed by atoms with Gasteiger partial charge in [0.2, 0.25) is 0 Å². The van der Waals surface area contributed by atoms with Gasteiger partial charge in [-0.2, -0.15) is 13.2 Å². The van der Waals surface area contributed by atoms with Crippen LogP contribution in [0.4, 0.5) is 18.9 Å². The van der Waals surface area contributed by atoms with Crippen LogP contribution in [0.3, 0.4) is 0 Å². The number of hydrogen-bond acceptors (Lipinski definition) is 3. The Balaban J connectivity index is 2.47. The van der Waals surface area contributed by atoms with Crippen LogP contribution in [0.2, 0.25) is 0 Å². The number of likely N-dealkylation sites (N-methyl/N-ethyl adjacent to an activating group) is 1. The molecule has 0 amide bonds. The second-order valence-electron chi connectivity index (χ2n) is 4.00. The highest BCUT2D eigenvalue weighted by Crippen LogP contribution is 2.16. The summed E-state index contributed by atoms with van der Waals surface area (Å²) in [5.41, 5.74) is 7.05. The van der Waals surface area contributed by atoms with E-state index in [0.29, 0.717) is 6.54 Å². The molecule has 0 bridgehead atoms. The van der Waals surface area contributed by atoms with Crippen LogP contribution in [0, 0.1) is 0 Å². The summed E-state index contributed by atoms with van der Waals surface area (Å²) in [5.74, 6) is 0. The molecule has 0 radical (unpaired) electrons. The van der Waals surface area contributed by atoms with Crippen LogP contribution in [0.15, 0.2) is 24.3 Å². The third-order valence-electron chi connectivity index (χ3n) is 2.41. The summed E-state index contributed by atoms with van der Waals surface area (Å²) in [5, 5.41) is 0. The lowest BCUT2D eigenvalue weighted by atomic mass is 10.2. The number of nitrogens with two attached hydrogens (primary N) is 1. The van der Waals surface area contributed by atoms with Gasteiger partial charge in [0.1, 0.15) is 11.6 Å². The molecule has 0 spiro atoms. The number of benzene rings is 1. The third kappa shape index (κ3) is 5.89. The molecule has 0 fully saturated rings. The van der Waals surface area contributed by atoms with Gasteiger partial charge >= 0.3 is 6.18 Å². The Bertz CT molecular complexity index is 437.